The third kappa shape index (κ3) is 7.37. The lowest BCUT2D eigenvalue weighted by Gasteiger charge is -2.04. The Hall–Kier alpha value is -1.28. The fourth-order valence-electron chi connectivity index (χ4n) is 0.533. The van der Waals surface area contributed by atoms with Crippen molar-refractivity contribution in [1.29, 1.82) is 0 Å². The van der Waals surface area contributed by atoms with Gasteiger partial charge in [-0.3, -0.25) is 14.4 Å². The van der Waals surface area contributed by atoms with Crippen molar-refractivity contribution in [3.8, 4) is 0 Å². The molecule has 0 aliphatic rings. The molecule has 0 rings (SSSR count). The summed E-state index contributed by atoms with van der Waals surface area (Å²) in [6.07, 6.45) is -0.865. The normalized spacial score (nSPS) is 11.6. The number of ether oxygens (including phenoxy) is 1. The summed E-state index contributed by atoms with van der Waals surface area (Å²) in [7, 11) is 0. The van der Waals surface area contributed by atoms with Crippen molar-refractivity contribution in [1.82, 2.24) is 0 Å². The number of carbonyl (C=O) groups is 3. The van der Waals surface area contributed by atoms with Gasteiger partial charge in [-0.1, -0.05) is 0 Å². The lowest BCUT2D eigenvalue weighted by atomic mass is 10.3. The number of hydrogen-bond acceptors (Lipinski definition) is 7. The summed E-state index contributed by atoms with van der Waals surface area (Å²) in [5.74, 6) is -2.79. The Balaban J connectivity index is 3.72. The average molecular weight is 223 g/mol. The van der Waals surface area contributed by atoms with Crippen molar-refractivity contribution in [2.45, 2.75) is 19.8 Å². The molecule has 0 bridgehead atoms. The number of rotatable bonds is 4. The second-order valence-corrected chi connectivity index (χ2v) is 2.70. The van der Waals surface area contributed by atoms with Crippen LogP contribution in [0.4, 0.5) is 0 Å². The first-order valence-corrected chi connectivity index (χ1v) is 4.43. The molecule has 0 saturated heterocycles. The van der Waals surface area contributed by atoms with Gasteiger partial charge in [0.2, 0.25) is 0 Å². The van der Waals surface area contributed by atoms with E-state index in [-0.39, 0.29) is 0 Å². The fraction of sp³-hybridized carbons (Fsp3) is 0.500. The molecule has 8 heteroatoms. The zero-order valence-corrected chi connectivity index (χ0v) is 8.00. The van der Waals surface area contributed by atoms with Crippen molar-refractivity contribution < 1.29 is 32.1 Å². The van der Waals surface area contributed by atoms with Crippen molar-refractivity contribution in [2.75, 3.05) is 0 Å². The largest absolute Gasteiger partial charge is 0.740 e. The van der Waals surface area contributed by atoms with Crippen LogP contribution in [-0.4, -0.2) is 26.7 Å². The molecule has 1 unspecified atom stereocenters. The SMILES string of the molecule is CC(=O)OC(=O)CCC(=O)OS(=O)[O-]. The summed E-state index contributed by atoms with van der Waals surface area (Å²) in [4.78, 5) is 31.4. The predicted octanol–water partition coefficient (Wildman–Crippen LogP) is -0.806. The van der Waals surface area contributed by atoms with Gasteiger partial charge in [0.1, 0.15) is 11.4 Å². The Kier molecular flexibility index (Phi) is 5.65. The highest BCUT2D eigenvalue weighted by Crippen LogP contribution is 1.97. The van der Waals surface area contributed by atoms with E-state index >= 15 is 0 Å². The van der Waals surface area contributed by atoms with Gasteiger partial charge in [-0.15, -0.1) is 0 Å². The molecule has 0 radical (unpaired) electrons. The molecular formula is C6H7O7S-. The standard InChI is InChI=1S/C6H8O7S/c1-4(7)12-5(8)2-3-6(9)13-14(10)11/h2-3H2,1H3,(H,10,11)/p-1. The van der Waals surface area contributed by atoms with E-state index in [9.17, 15) is 23.1 Å². The first-order valence-electron chi connectivity index (χ1n) is 3.43. The maximum atomic E-state index is 10.6. The molecule has 0 spiro atoms. The molecule has 7 nitrogen and oxygen atoms in total. The first-order chi connectivity index (χ1) is 6.41. The highest BCUT2D eigenvalue weighted by Gasteiger charge is 2.10. The number of hydrogen-bond donors (Lipinski definition) is 0. The molecule has 14 heavy (non-hydrogen) atoms. The Labute approximate surface area is 81.9 Å². The quantitative estimate of drug-likeness (QED) is 0.348. The summed E-state index contributed by atoms with van der Waals surface area (Å²) >= 11 is -2.94. The van der Waals surface area contributed by atoms with Crippen LogP contribution in [0.1, 0.15) is 19.8 Å². The zero-order chi connectivity index (χ0) is 11.1. The van der Waals surface area contributed by atoms with Crippen LogP contribution < -0.4 is 0 Å². The molecule has 0 N–H and O–H groups in total. The molecule has 0 aliphatic carbocycles. The first kappa shape index (κ1) is 12.7. The second-order valence-electron chi connectivity index (χ2n) is 2.13. The second kappa shape index (κ2) is 6.22. The van der Waals surface area contributed by atoms with Gasteiger partial charge >= 0.3 is 17.9 Å². The zero-order valence-electron chi connectivity index (χ0n) is 7.18. The minimum absolute atomic E-state index is 0.407. The average Bonchev–Trinajstić information content (AvgIpc) is 1.98. The summed E-state index contributed by atoms with van der Waals surface area (Å²) in [6, 6.07) is 0. The van der Waals surface area contributed by atoms with E-state index in [1.165, 1.54) is 0 Å². The van der Waals surface area contributed by atoms with E-state index in [2.05, 4.69) is 8.92 Å². The van der Waals surface area contributed by atoms with Gasteiger partial charge in [-0.05, 0) is 0 Å². The summed E-state index contributed by atoms with van der Waals surface area (Å²) in [5, 5.41) is 0. The van der Waals surface area contributed by atoms with Gasteiger partial charge in [0.05, 0.1) is 12.8 Å². The van der Waals surface area contributed by atoms with E-state index in [1.54, 1.807) is 0 Å². The van der Waals surface area contributed by atoms with Gasteiger partial charge in [0.15, 0.2) is 0 Å². The van der Waals surface area contributed by atoms with Crippen LogP contribution in [-0.2, 0) is 34.7 Å². The Morgan fingerprint density at radius 2 is 1.71 bits per heavy atom. The highest BCUT2D eigenvalue weighted by atomic mass is 32.2. The van der Waals surface area contributed by atoms with E-state index in [0.29, 0.717) is 0 Å². The Morgan fingerprint density at radius 1 is 1.21 bits per heavy atom. The Morgan fingerprint density at radius 3 is 2.14 bits per heavy atom. The lowest BCUT2D eigenvalue weighted by Crippen LogP contribution is -2.13. The monoisotopic (exact) mass is 223 g/mol. The Bertz CT molecular complexity index is 243. The third-order valence-electron chi connectivity index (χ3n) is 0.952. The van der Waals surface area contributed by atoms with Gasteiger partial charge in [-0.25, -0.2) is 4.21 Å². The molecule has 0 fully saturated rings. The van der Waals surface area contributed by atoms with Crippen molar-refractivity contribution in [3.63, 3.8) is 0 Å². The molecule has 0 amide bonds. The van der Waals surface area contributed by atoms with Crippen LogP contribution in [0.25, 0.3) is 0 Å². The highest BCUT2D eigenvalue weighted by molar-refractivity contribution is 7.74. The molecule has 0 saturated carbocycles. The van der Waals surface area contributed by atoms with Crippen molar-refractivity contribution in [2.24, 2.45) is 0 Å². The molecule has 0 aliphatic heterocycles. The minimum Gasteiger partial charge on any atom is -0.740 e. The van der Waals surface area contributed by atoms with Crippen LogP contribution in [0, 0.1) is 0 Å². The molecule has 1 atom stereocenters. The predicted molar refractivity (Wildman–Crippen MR) is 41.0 cm³/mol. The van der Waals surface area contributed by atoms with Crippen molar-refractivity contribution in [3.05, 3.63) is 0 Å². The maximum absolute atomic E-state index is 10.6. The third-order valence-corrected chi connectivity index (χ3v) is 1.27. The van der Waals surface area contributed by atoms with E-state index < -0.39 is 42.1 Å². The van der Waals surface area contributed by atoms with E-state index in [0.717, 1.165) is 6.92 Å². The van der Waals surface area contributed by atoms with Gasteiger partial charge in [0, 0.05) is 6.92 Å². The number of carbonyl (C=O) groups excluding carboxylic acids is 3. The molecule has 0 aromatic rings. The lowest BCUT2D eigenvalue weighted by molar-refractivity contribution is -0.159. The fourth-order valence-corrected chi connectivity index (χ4v) is 0.768. The molecule has 0 aromatic heterocycles. The van der Waals surface area contributed by atoms with Crippen LogP contribution in [0.2, 0.25) is 0 Å². The summed E-state index contributed by atoms with van der Waals surface area (Å²) in [5.41, 5.74) is 0. The summed E-state index contributed by atoms with van der Waals surface area (Å²) in [6.45, 7) is 1.03. The van der Waals surface area contributed by atoms with E-state index in [4.69, 9.17) is 0 Å². The van der Waals surface area contributed by atoms with Crippen LogP contribution in [0.15, 0.2) is 0 Å². The topological polar surface area (TPSA) is 110 Å². The van der Waals surface area contributed by atoms with Crippen LogP contribution in [0.3, 0.4) is 0 Å². The van der Waals surface area contributed by atoms with Gasteiger partial charge in [-0.2, -0.15) is 0 Å². The van der Waals surface area contributed by atoms with Gasteiger partial charge < -0.3 is 13.5 Å². The van der Waals surface area contributed by atoms with Crippen LogP contribution in [0.5, 0.6) is 0 Å². The molecular weight excluding hydrogens is 216 g/mol. The maximum Gasteiger partial charge on any atom is 0.319 e. The van der Waals surface area contributed by atoms with Crippen molar-refractivity contribution >= 4 is 29.3 Å². The summed E-state index contributed by atoms with van der Waals surface area (Å²) < 4.78 is 27.4. The van der Waals surface area contributed by atoms with Gasteiger partial charge in [0.25, 0.3) is 0 Å². The minimum atomic E-state index is -2.94. The molecule has 80 valence electrons. The number of esters is 2. The van der Waals surface area contributed by atoms with E-state index in [1.807, 2.05) is 0 Å². The van der Waals surface area contributed by atoms with Crippen LogP contribution >= 0.6 is 0 Å². The molecule has 0 aromatic carbocycles. The smallest absolute Gasteiger partial charge is 0.319 e. The molecule has 0 heterocycles.